The van der Waals surface area contributed by atoms with Crippen LogP contribution in [-0.4, -0.2) is 8.32 Å². The fraction of sp³-hybridized carbons (Fsp3) is 0.875. The van der Waals surface area contributed by atoms with Crippen LogP contribution in [0, 0.1) is 17.8 Å². The Bertz CT molecular complexity index is 303. The zero-order chi connectivity index (χ0) is 13.2. The van der Waals surface area contributed by atoms with Crippen LogP contribution in [0.15, 0.2) is 11.8 Å². The quantitative estimate of drug-likeness (QED) is 0.623. The van der Waals surface area contributed by atoms with E-state index in [-0.39, 0.29) is 0 Å². The van der Waals surface area contributed by atoms with Gasteiger partial charge < -0.3 is 4.43 Å². The predicted octanol–water partition coefficient (Wildman–Crippen LogP) is 5.35. The molecule has 2 aliphatic rings. The van der Waals surface area contributed by atoms with Gasteiger partial charge in [-0.1, -0.05) is 26.2 Å². The molecule has 104 valence electrons. The fourth-order valence-corrected chi connectivity index (χ4v) is 4.77. The molecule has 0 saturated heterocycles. The van der Waals surface area contributed by atoms with Crippen molar-refractivity contribution in [1.29, 1.82) is 0 Å². The van der Waals surface area contributed by atoms with Crippen LogP contribution in [0.2, 0.25) is 19.6 Å². The normalized spacial score (nSPS) is 32.7. The minimum Gasteiger partial charge on any atom is -0.547 e. The van der Waals surface area contributed by atoms with Gasteiger partial charge in [-0.25, -0.2) is 0 Å². The average molecular weight is 267 g/mol. The Balaban J connectivity index is 2.13. The lowest BCUT2D eigenvalue weighted by atomic mass is 9.66. The second-order valence-corrected chi connectivity index (χ2v) is 11.6. The van der Waals surface area contributed by atoms with Crippen LogP contribution in [0.1, 0.15) is 51.9 Å². The molecular formula is C16H30OSi. The van der Waals surface area contributed by atoms with E-state index in [1.54, 1.807) is 0 Å². The van der Waals surface area contributed by atoms with E-state index in [2.05, 4.69) is 32.6 Å². The Morgan fingerprint density at radius 3 is 2.61 bits per heavy atom. The summed E-state index contributed by atoms with van der Waals surface area (Å²) in [5, 5.41) is 0. The van der Waals surface area contributed by atoms with Crippen molar-refractivity contribution in [3.63, 3.8) is 0 Å². The number of rotatable bonds is 4. The van der Waals surface area contributed by atoms with Crippen molar-refractivity contribution < 1.29 is 4.43 Å². The van der Waals surface area contributed by atoms with Gasteiger partial charge in [-0.15, -0.1) is 0 Å². The Labute approximate surface area is 114 Å². The molecule has 0 spiro atoms. The van der Waals surface area contributed by atoms with E-state index in [9.17, 15) is 0 Å². The first kappa shape index (κ1) is 14.2. The molecule has 0 aromatic heterocycles. The smallest absolute Gasteiger partial charge is 0.241 e. The molecule has 1 saturated carbocycles. The monoisotopic (exact) mass is 266 g/mol. The second-order valence-electron chi connectivity index (χ2n) is 7.16. The number of fused-ring (bicyclic) bond motifs is 1. The molecule has 1 nitrogen and oxygen atoms in total. The minimum absolute atomic E-state index is 0.737. The summed E-state index contributed by atoms with van der Waals surface area (Å²) < 4.78 is 6.39. The lowest BCUT2D eigenvalue weighted by molar-refractivity contribution is 0.126. The van der Waals surface area contributed by atoms with Gasteiger partial charge in [-0.3, -0.25) is 0 Å². The summed E-state index contributed by atoms with van der Waals surface area (Å²) in [6.45, 7) is 9.25. The van der Waals surface area contributed by atoms with Gasteiger partial charge in [0, 0.05) is 5.92 Å². The third-order valence-corrected chi connectivity index (χ3v) is 5.34. The van der Waals surface area contributed by atoms with Crippen molar-refractivity contribution in [1.82, 2.24) is 0 Å². The number of hydrogen-bond acceptors (Lipinski definition) is 1. The summed E-state index contributed by atoms with van der Waals surface area (Å²) in [5.41, 5.74) is 0. The zero-order valence-corrected chi connectivity index (χ0v) is 13.7. The maximum Gasteiger partial charge on any atom is 0.241 e. The maximum atomic E-state index is 6.39. The summed E-state index contributed by atoms with van der Waals surface area (Å²) >= 11 is 0. The van der Waals surface area contributed by atoms with Crippen LogP contribution in [0.3, 0.4) is 0 Å². The minimum atomic E-state index is -1.44. The van der Waals surface area contributed by atoms with Crippen molar-refractivity contribution in [3.8, 4) is 0 Å². The molecule has 0 bridgehead atoms. The molecule has 0 aromatic rings. The molecule has 3 atom stereocenters. The van der Waals surface area contributed by atoms with E-state index >= 15 is 0 Å². The van der Waals surface area contributed by atoms with Crippen molar-refractivity contribution in [2.24, 2.45) is 17.8 Å². The highest BCUT2D eigenvalue weighted by atomic mass is 28.4. The van der Waals surface area contributed by atoms with Gasteiger partial charge in [0.15, 0.2) is 0 Å². The third-order valence-electron chi connectivity index (χ3n) is 4.50. The molecule has 2 heteroatoms. The number of allylic oxidation sites excluding steroid dienone is 2. The van der Waals surface area contributed by atoms with Crippen molar-refractivity contribution in [2.75, 3.05) is 0 Å². The molecule has 0 aromatic carbocycles. The Kier molecular flexibility index (Phi) is 4.58. The summed E-state index contributed by atoms with van der Waals surface area (Å²) in [6, 6.07) is 0. The summed E-state index contributed by atoms with van der Waals surface area (Å²) in [6.07, 6.45) is 12.2. The van der Waals surface area contributed by atoms with Crippen LogP contribution in [0.4, 0.5) is 0 Å². The van der Waals surface area contributed by atoms with Gasteiger partial charge in [-0.05, 0) is 63.2 Å². The highest BCUT2D eigenvalue weighted by Gasteiger charge is 2.37. The van der Waals surface area contributed by atoms with Crippen molar-refractivity contribution >= 4 is 8.32 Å². The molecule has 2 rings (SSSR count). The third kappa shape index (κ3) is 3.40. The topological polar surface area (TPSA) is 9.23 Å². The van der Waals surface area contributed by atoms with Gasteiger partial charge in [0.05, 0.1) is 5.76 Å². The predicted molar refractivity (Wildman–Crippen MR) is 81.0 cm³/mol. The largest absolute Gasteiger partial charge is 0.547 e. The van der Waals surface area contributed by atoms with E-state index in [1.165, 1.54) is 50.7 Å². The van der Waals surface area contributed by atoms with E-state index < -0.39 is 8.32 Å². The van der Waals surface area contributed by atoms with Crippen molar-refractivity contribution in [2.45, 2.75) is 71.5 Å². The fourth-order valence-electron chi connectivity index (χ4n) is 3.83. The van der Waals surface area contributed by atoms with Gasteiger partial charge >= 0.3 is 0 Å². The van der Waals surface area contributed by atoms with E-state index in [4.69, 9.17) is 4.43 Å². The first-order valence-corrected chi connectivity index (χ1v) is 11.3. The molecule has 18 heavy (non-hydrogen) atoms. The first-order valence-electron chi connectivity index (χ1n) is 7.90. The molecule has 1 unspecified atom stereocenters. The molecule has 0 heterocycles. The molecular weight excluding hydrogens is 236 g/mol. The Morgan fingerprint density at radius 2 is 1.94 bits per heavy atom. The van der Waals surface area contributed by atoms with Crippen LogP contribution in [0.25, 0.3) is 0 Å². The van der Waals surface area contributed by atoms with Crippen LogP contribution >= 0.6 is 0 Å². The van der Waals surface area contributed by atoms with Crippen LogP contribution in [-0.2, 0) is 4.43 Å². The SMILES string of the molecule is CCC[C@@H]1C(O[Si](C)(C)C)=CC[C@@H]2CCCCC21. The van der Waals surface area contributed by atoms with Crippen LogP contribution < -0.4 is 0 Å². The van der Waals surface area contributed by atoms with Crippen LogP contribution in [0.5, 0.6) is 0 Å². The van der Waals surface area contributed by atoms with Gasteiger partial charge in [0.2, 0.25) is 8.32 Å². The van der Waals surface area contributed by atoms with Gasteiger partial charge in [0.1, 0.15) is 0 Å². The highest BCUT2D eigenvalue weighted by molar-refractivity contribution is 6.70. The zero-order valence-electron chi connectivity index (χ0n) is 12.7. The van der Waals surface area contributed by atoms with Crippen molar-refractivity contribution in [3.05, 3.63) is 11.8 Å². The second kappa shape index (κ2) is 5.81. The molecule has 0 amide bonds. The van der Waals surface area contributed by atoms with E-state index in [0.29, 0.717) is 0 Å². The van der Waals surface area contributed by atoms with E-state index in [1.807, 2.05) is 0 Å². The Morgan fingerprint density at radius 1 is 1.22 bits per heavy atom. The van der Waals surface area contributed by atoms with Gasteiger partial charge in [-0.2, -0.15) is 0 Å². The first-order chi connectivity index (χ1) is 8.51. The maximum absolute atomic E-state index is 6.39. The van der Waals surface area contributed by atoms with Gasteiger partial charge in [0.25, 0.3) is 0 Å². The summed E-state index contributed by atoms with van der Waals surface area (Å²) in [7, 11) is -1.44. The van der Waals surface area contributed by atoms with E-state index in [0.717, 1.165) is 17.8 Å². The Hall–Kier alpha value is -0.243. The summed E-state index contributed by atoms with van der Waals surface area (Å²) in [4.78, 5) is 0. The molecule has 1 fully saturated rings. The standard InChI is InChI=1S/C16H30OSi/c1-5-8-15-14-10-7-6-9-13(14)11-12-16(15)17-18(2,3)4/h12-15H,5-11H2,1-4H3/t13-,14?,15-/m0/s1. The molecule has 0 radical (unpaired) electrons. The molecule has 0 N–H and O–H groups in total. The average Bonchev–Trinajstić information content (AvgIpc) is 2.31. The lowest BCUT2D eigenvalue weighted by Crippen LogP contribution is -2.35. The highest BCUT2D eigenvalue weighted by Crippen LogP contribution is 2.46. The summed E-state index contributed by atoms with van der Waals surface area (Å²) in [5.74, 6) is 4.00. The lowest BCUT2D eigenvalue weighted by Gasteiger charge is -2.42. The molecule has 0 aliphatic heterocycles. The molecule has 2 aliphatic carbocycles. The number of hydrogen-bond donors (Lipinski definition) is 0.